The van der Waals surface area contributed by atoms with Gasteiger partial charge in [0.1, 0.15) is 17.3 Å². The molecule has 150 valence electrons. The number of carbonyl (C=O) groups is 1. The number of hydrogen-bond donors (Lipinski definition) is 2. The third kappa shape index (κ3) is 5.54. The summed E-state index contributed by atoms with van der Waals surface area (Å²) >= 11 is 0. The summed E-state index contributed by atoms with van der Waals surface area (Å²) in [5, 5.41) is 12.1. The summed E-state index contributed by atoms with van der Waals surface area (Å²) in [7, 11) is 0. The maximum atomic E-state index is 10.8. The number of rotatable bonds is 8. The van der Waals surface area contributed by atoms with Crippen molar-refractivity contribution in [2.45, 2.75) is 40.0 Å². The van der Waals surface area contributed by atoms with E-state index in [9.17, 15) is 4.79 Å². The van der Waals surface area contributed by atoms with Gasteiger partial charge in [-0.3, -0.25) is 9.78 Å². The lowest BCUT2D eigenvalue weighted by molar-refractivity contribution is -0.136. The van der Waals surface area contributed by atoms with Gasteiger partial charge in [-0.1, -0.05) is 19.1 Å². The highest BCUT2D eigenvalue weighted by molar-refractivity contribution is 5.67. The lowest BCUT2D eigenvalue weighted by Gasteiger charge is -2.13. The zero-order valence-corrected chi connectivity index (χ0v) is 16.9. The monoisotopic (exact) mass is 391 g/mol. The molecule has 0 aliphatic carbocycles. The van der Waals surface area contributed by atoms with Crippen LogP contribution in [-0.4, -0.2) is 21.0 Å². The van der Waals surface area contributed by atoms with Gasteiger partial charge in [0, 0.05) is 30.1 Å². The van der Waals surface area contributed by atoms with Gasteiger partial charge in [0.15, 0.2) is 0 Å². The molecule has 0 radical (unpaired) electrons. The summed E-state index contributed by atoms with van der Waals surface area (Å²) in [5.41, 5.74) is 4.84. The quantitative estimate of drug-likeness (QED) is 0.548. The van der Waals surface area contributed by atoms with Gasteiger partial charge in [-0.2, -0.15) is 0 Å². The van der Waals surface area contributed by atoms with E-state index < -0.39 is 5.97 Å². The summed E-state index contributed by atoms with van der Waals surface area (Å²) in [4.78, 5) is 19.7. The molecule has 0 amide bonds. The van der Waals surface area contributed by atoms with Gasteiger partial charge in [0.25, 0.3) is 0 Å². The molecule has 0 atom stereocenters. The number of pyridine rings is 2. The third-order valence-corrected chi connectivity index (χ3v) is 4.58. The Kier molecular flexibility index (Phi) is 6.44. The fourth-order valence-corrected chi connectivity index (χ4v) is 3.07. The predicted octanol–water partition coefficient (Wildman–Crippen LogP) is 5.21. The molecule has 0 unspecified atom stereocenters. The van der Waals surface area contributed by atoms with Crippen molar-refractivity contribution in [3.05, 3.63) is 71.2 Å². The highest BCUT2D eigenvalue weighted by atomic mass is 16.5. The van der Waals surface area contributed by atoms with E-state index in [2.05, 4.69) is 22.2 Å². The van der Waals surface area contributed by atoms with Gasteiger partial charge >= 0.3 is 5.97 Å². The van der Waals surface area contributed by atoms with E-state index in [4.69, 9.17) is 9.84 Å². The van der Waals surface area contributed by atoms with Crippen molar-refractivity contribution in [2.75, 3.05) is 5.32 Å². The van der Waals surface area contributed by atoms with Crippen molar-refractivity contribution >= 4 is 17.5 Å². The summed E-state index contributed by atoms with van der Waals surface area (Å²) in [6, 6.07) is 13.3. The van der Waals surface area contributed by atoms with Crippen LogP contribution in [0.25, 0.3) is 0 Å². The van der Waals surface area contributed by atoms with Crippen molar-refractivity contribution in [1.82, 2.24) is 9.97 Å². The molecule has 0 spiro atoms. The van der Waals surface area contributed by atoms with Crippen LogP contribution in [0.15, 0.2) is 48.7 Å². The number of anilines is 2. The van der Waals surface area contributed by atoms with Gasteiger partial charge in [-0.15, -0.1) is 0 Å². The first-order valence-electron chi connectivity index (χ1n) is 9.63. The van der Waals surface area contributed by atoms with Crippen LogP contribution in [0.3, 0.4) is 0 Å². The lowest BCUT2D eigenvalue weighted by atomic mass is 10.1. The molecule has 0 saturated carbocycles. The smallest absolute Gasteiger partial charge is 0.303 e. The average molecular weight is 391 g/mol. The molecule has 0 aliphatic rings. The molecule has 6 heteroatoms. The molecule has 0 fully saturated rings. The molecule has 2 aromatic heterocycles. The minimum atomic E-state index is -0.804. The highest BCUT2D eigenvalue weighted by Gasteiger charge is 2.08. The molecule has 2 heterocycles. The normalized spacial score (nSPS) is 10.6. The number of benzene rings is 1. The van der Waals surface area contributed by atoms with Gasteiger partial charge < -0.3 is 15.2 Å². The van der Waals surface area contributed by atoms with Gasteiger partial charge in [0.05, 0.1) is 5.69 Å². The Morgan fingerprint density at radius 2 is 2.00 bits per heavy atom. The number of carboxylic acids is 1. The van der Waals surface area contributed by atoms with Crippen LogP contribution >= 0.6 is 0 Å². The molecular weight excluding hydrogens is 366 g/mol. The fourth-order valence-electron chi connectivity index (χ4n) is 3.07. The predicted molar refractivity (Wildman–Crippen MR) is 113 cm³/mol. The molecule has 0 bridgehead atoms. The number of ether oxygens (including phenoxy) is 1. The first kappa shape index (κ1) is 20.3. The van der Waals surface area contributed by atoms with Crippen LogP contribution in [0.1, 0.15) is 35.9 Å². The first-order valence-corrected chi connectivity index (χ1v) is 9.63. The van der Waals surface area contributed by atoms with Gasteiger partial charge in [-0.25, -0.2) is 4.98 Å². The molecule has 29 heavy (non-hydrogen) atoms. The number of nitrogens with zero attached hydrogens (tertiary/aromatic N) is 2. The summed E-state index contributed by atoms with van der Waals surface area (Å²) < 4.78 is 6.05. The van der Waals surface area contributed by atoms with E-state index >= 15 is 0 Å². The van der Waals surface area contributed by atoms with E-state index in [1.54, 1.807) is 12.3 Å². The van der Waals surface area contributed by atoms with Crippen LogP contribution in [0.2, 0.25) is 0 Å². The zero-order chi connectivity index (χ0) is 20.8. The Balaban J connectivity index is 1.74. The minimum absolute atomic E-state index is 0.106. The Labute approximate surface area is 170 Å². The molecule has 0 aliphatic heterocycles. The van der Waals surface area contributed by atoms with Crippen molar-refractivity contribution < 1.29 is 14.6 Å². The first-order chi connectivity index (χ1) is 13.9. The maximum Gasteiger partial charge on any atom is 0.303 e. The van der Waals surface area contributed by atoms with Gasteiger partial charge in [0.2, 0.25) is 0 Å². The SMILES string of the molecule is CCc1nc(C)c(Oc2ccnc(Nc3cccc(CCC(=O)O)c3)c2)cc1C. The van der Waals surface area contributed by atoms with Crippen LogP contribution in [0.5, 0.6) is 11.5 Å². The third-order valence-electron chi connectivity index (χ3n) is 4.58. The van der Waals surface area contributed by atoms with E-state index in [1.165, 1.54) is 0 Å². The topological polar surface area (TPSA) is 84.3 Å². The number of aryl methyl sites for hydroxylation is 4. The molecule has 3 aromatic rings. The number of nitrogens with one attached hydrogen (secondary N) is 1. The molecule has 3 rings (SSSR count). The number of carboxylic acid groups (broad SMARTS) is 1. The zero-order valence-electron chi connectivity index (χ0n) is 16.9. The van der Waals surface area contributed by atoms with E-state index in [0.29, 0.717) is 18.0 Å². The standard InChI is InChI=1S/C23H25N3O3/c1-4-20-15(2)12-21(16(3)25-20)29-19-10-11-24-22(14-19)26-18-7-5-6-17(13-18)8-9-23(27)28/h5-7,10-14H,4,8-9H2,1-3H3,(H,24,26)(H,27,28). The Morgan fingerprint density at radius 3 is 2.76 bits per heavy atom. The molecular formula is C23H25N3O3. The summed E-state index contributed by atoms with van der Waals surface area (Å²) in [6.07, 6.45) is 3.17. The van der Waals surface area contributed by atoms with Crippen molar-refractivity contribution in [3.8, 4) is 11.5 Å². The van der Waals surface area contributed by atoms with E-state index in [1.807, 2.05) is 50.2 Å². The summed E-state index contributed by atoms with van der Waals surface area (Å²) in [5.74, 6) is 1.23. The van der Waals surface area contributed by atoms with E-state index in [-0.39, 0.29) is 6.42 Å². The number of hydrogen-bond acceptors (Lipinski definition) is 5. The van der Waals surface area contributed by atoms with Crippen molar-refractivity contribution in [2.24, 2.45) is 0 Å². The maximum absolute atomic E-state index is 10.8. The molecule has 0 saturated heterocycles. The minimum Gasteiger partial charge on any atom is -0.481 e. The van der Waals surface area contributed by atoms with Gasteiger partial charge in [-0.05, 0) is 62.1 Å². The second-order valence-corrected chi connectivity index (χ2v) is 6.89. The Bertz CT molecular complexity index is 1020. The van der Waals surface area contributed by atoms with Crippen LogP contribution in [-0.2, 0) is 17.6 Å². The van der Waals surface area contributed by atoms with Crippen LogP contribution in [0, 0.1) is 13.8 Å². The van der Waals surface area contributed by atoms with Crippen molar-refractivity contribution in [1.29, 1.82) is 0 Å². The number of aliphatic carboxylic acids is 1. The van der Waals surface area contributed by atoms with Crippen molar-refractivity contribution in [3.63, 3.8) is 0 Å². The highest BCUT2D eigenvalue weighted by Crippen LogP contribution is 2.28. The Hall–Kier alpha value is -3.41. The average Bonchev–Trinajstić information content (AvgIpc) is 2.69. The number of aromatic nitrogens is 2. The van der Waals surface area contributed by atoms with E-state index in [0.717, 1.165) is 40.4 Å². The molecule has 1 aromatic carbocycles. The second-order valence-electron chi connectivity index (χ2n) is 6.89. The molecule has 6 nitrogen and oxygen atoms in total. The molecule has 2 N–H and O–H groups in total. The largest absolute Gasteiger partial charge is 0.481 e. The second kappa shape index (κ2) is 9.19. The fraction of sp³-hybridized carbons (Fsp3) is 0.261. The van der Waals surface area contributed by atoms with Crippen LogP contribution in [0.4, 0.5) is 11.5 Å². The van der Waals surface area contributed by atoms with Crippen LogP contribution < -0.4 is 10.1 Å². The lowest BCUT2D eigenvalue weighted by Crippen LogP contribution is -2.00. The Morgan fingerprint density at radius 1 is 1.17 bits per heavy atom. The summed E-state index contributed by atoms with van der Waals surface area (Å²) in [6.45, 7) is 6.07.